The van der Waals surface area contributed by atoms with Crippen LogP contribution in [0, 0.1) is 5.92 Å². The number of carbonyl (C=O) groups is 1. The van der Waals surface area contributed by atoms with Crippen molar-refractivity contribution in [1.82, 2.24) is 9.88 Å². The van der Waals surface area contributed by atoms with Gasteiger partial charge in [0.15, 0.2) is 0 Å². The topological polar surface area (TPSA) is 33.2 Å². The molecule has 19 heavy (non-hydrogen) atoms. The Morgan fingerprint density at radius 2 is 2.16 bits per heavy atom. The molecule has 0 aliphatic heterocycles. The maximum atomic E-state index is 12.5. The average Bonchev–Trinajstić information content (AvgIpc) is 2.48. The molecule has 0 unspecified atom stereocenters. The Morgan fingerprint density at radius 3 is 2.79 bits per heavy atom. The van der Waals surface area contributed by atoms with Crippen LogP contribution in [0.25, 0.3) is 0 Å². The highest BCUT2D eigenvalue weighted by Gasteiger charge is 2.25. The van der Waals surface area contributed by atoms with Crippen molar-refractivity contribution < 1.29 is 4.79 Å². The zero-order valence-electron chi connectivity index (χ0n) is 11.4. The second-order valence-corrected chi connectivity index (χ2v) is 5.16. The zero-order chi connectivity index (χ0) is 13.5. The van der Waals surface area contributed by atoms with Crippen LogP contribution in [-0.4, -0.2) is 22.3 Å². The van der Waals surface area contributed by atoms with Crippen LogP contribution in [0.4, 0.5) is 0 Å². The van der Waals surface area contributed by atoms with E-state index in [2.05, 4.69) is 11.6 Å². The van der Waals surface area contributed by atoms with Gasteiger partial charge in [-0.2, -0.15) is 0 Å². The summed E-state index contributed by atoms with van der Waals surface area (Å²) in [6.45, 7) is 4.94. The largest absolute Gasteiger partial charge is 0.333 e. The lowest BCUT2D eigenvalue weighted by Gasteiger charge is -2.28. The van der Waals surface area contributed by atoms with Gasteiger partial charge in [-0.25, -0.2) is 0 Å². The average molecular weight is 258 g/mol. The summed E-state index contributed by atoms with van der Waals surface area (Å²) < 4.78 is 0. The van der Waals surface area contributed by atoms with Crippen molar-refractivity contribution >= 4 is 5.91 Å². The van der Waals surface area contributed by atoms with Crippen LogP contribution in [0.5, 0.6) is 0 Å². The molecule has 1 aromatic rings. The summed E-state index contributed by atoms with van der Waals surface area (Å²) in [6, 6.07) is 5.81. The lowest BCUT2D eigenvalue weighted by atomic mass is 9.88. The molecule has 1 aliphatic rings. The molecule has 3 nitrogen and oxygen atoms in total. The van der Waals surface area contributed by atoms with Gasteiger partial charge >= 0.3 is 0 Å². The van der Waals surface area contributed by atoms with Crippen LogP contribution < -0.4 is 0 Å². The first-order valence-electron chi connectivity index (χ1n) is 7.11. The van der Waals surface area contributed by atoms with Crippen LogP contribution in [0.3, 0.4) is 0 Å². The first kappa shape index (κ1) is 13.8. The van der Waals surface area contributed by atoms with Crippen molar-refractivity contribution in [3.8, 4) is 0 Å². The number of rotatable bonds is 5. The van der Waals surface area contributed by atoms with Crippen molar-refractivity contribution in [1.29, 1.82) is 0 Å². The third-order valence-electron chi connectivity index (χ3n) is 3.69. The van der Waals surface area contributed by atoms with E-state index in [1.165, 1.54) is 19.3 Å². The summed E-state index contributed by atoms with van der Waals surface area (Å²) in [6.07, 6.45) is 9.27. The summed E-state index contributed by atoms with van der Waals surface area (Å²) in [5.74, 6) is 0.475. The van der Waals surface area contributed by atoms with Gasteiger partial charge in [0.25, 0.3) is 0 Å². The molecule has 102 valence electrons. The number of pyridine rings is 1. The Balaban J connectivity index is 2.02. The highest BCUT2D eigenvalue weighted by atomic mass is 16.2. The first-order chi connectivity index (χ1) is 9.31. The molecule has 0 atom stereocenters. The fourth-order valence-corrected chi connectivity index (χ4v) is 2.68. The number of hydrogen-bond donors (Lipinski definition) is 0. The fraction of sp³-hybridized carbons (Fsp3) is 0.500. The molecule has 1 fully saturated rings. The highest BCUT2D eigenvalue weighted by molar-refractivity contribution is 5.79. The minimum atomic E-state index is 0.206. The lowest BCUT2D eigenvalue weighted by molar-refractivity contribution is -0.136. The first-order valence-corrected chi connectivity index (χ1v) is 7.11. The van der Waals surface area contributed by atoms with Crippen LogP contribution in [0.1, 0.15) is 37.8 Å². The minimum absolute atomic E-state index is 0.206. The molecular weight excluding hydrogens is 236 g/mol. The molecule has 0 aromatic carbocycles. The van der Waals surface area contributed by atoms with E-state index >= 15 is 0 Å². The van der Waals surface area contributed by atoms with Gasteiger partial charge in [-0.1, -0.05) is 31.4 Å². The van der Waals surface area contributed by atoms with Crippen LogP contribution in [-0.2, 0) is 11.3 Å². The minimum Gasteiger partial charge on any atom is -0.333 e. The molecule has 1 heterocycles. The van der Waals surface area contributed by atoms with Gasteiger partial charge in [0.05, 0.1) is 12.2 Å². The molecule has 1 saturated carbocycles. The van der Waals surface area contributed by atoms with E-state index in [-0.39, 0.29) is 11.8 Å². The number of carbonyl (C=O) groups excluding carboxylic acids is 1. The smallest absolute Gasteiger partial charge is 0.226 e. The van der Waals surface area contributed by atoms with Crippen molar-refractivity contribution in [3.63, 3.8) is 0 Å². The molecule has 0 saturated heterocycles. The number of aromatic nitrogens is 1. The molecular formula is C16H22N2O. The van der Waals surface area contributed by atoms with Crippen LogP contribution >= 0.6 is 0 Å². The molecule has 1 aliphatic carbocycles. The Morgan fingerprint density at radius 1 is 1.37 bits per heavy atom. The summed E-state index contributed by atoms with van der Waals surface area (Å²) in [5.41, 5.74) is 0.938. The molecule has 0 bridgehead atoms. The molecule has 1 amide bonds. The number of hydrogen-bond acceptors (Lipinski definition) is 2. The SMILES string of the molecule is C=CCN(Cc1ccccn1)C(=O)C1CCCCC1. The quantitative estimate of drug-likeness (QED) is 0.760. The van der Waals surface area contributed by atoms with Crippen molar-refractivity contribution in [2.24, 2.45) is 5.92 Å². The van der Waals surface area contributed by atoms with E-state index < -0.39 is 0 Å². The summed E-state index contributed by atoms with van der Waals surface area (Å²) in [4.78, 5) is 18.7. The Hall–Kier alpha value is -1.64. The van der Waals surface area contributed by atoms with Gasteiger partial charge in [0.2, 0.25) is 5.91 Å². The predicted octanol–water partition coefficient (Wildman–Crippen LogP) is 3.18. The maximum Gasteiger partial charge on any atom is 0.226 e. The van der Waals surface area contributed by atoms with Gasteiger partial charge in [-0.05, 0) is 25.0 Å². The van der Waals surface area contributed by atoms with Crippen LogP contribution in [0.15, 0.2) is 37.1 Å². The van der Waals surface area contributed by atoms with Crippen molar-refractivity contribution in [2.75, 3.05) is 6.54 Å². The number of amides is 1. The van der Waals surface area contributed by atoms with Crippen molar-refractivity contribution in [3.05, 3.63) is 42.7 Å². The Labute approximate surface area is 115 Å². The zero-order valence-corrected chi connectivity index (χ0v) is 11.4. The predicted molar refractivity (Wildman–Crippen MR) is 76.4 cm³/mol. The molecule has 2 rings (SSSR count). The summed E-state index contributed by atoms with van der Waals surface area (Å²) in [5, 5.41) is 0. The van der Waals surface area contributed by atoms with Crippen LogP contribution in [0.2, 0.25) is 0 Å². The summed E-state index contributed by atoms with van der Waals surface area (Å²) >= 11 is 0. The van der Waals surface area contributed by atoms with Gasteiger partial charge in [-0.15, -0.1) is 6.58 Å². The van der Waals surface area contributed by atoms with E-state index in [4.69, 9.17) is 0 Å². The third kappa shape index (κ3) is 3.91. The summed E-state index contributed by atoms with van der Waals surface area (Å²) in [7, 11) is 0. The van der Waals surface area contributed by atoms with Gasteiger partial charge in [0.1, 0.15) is 0 Å². The Kier molecular flexibility index (Phi) is 5.13. The molecule has 0 radical (unpaired) electrons. The van der Waals surface area contributed by atoms with Crippen molar-refractivity contribution in [2.45, 2.75) is 38.6 Å². The Bertz CT molecular complexity index is 410. The van der Waals surface area contributed by atoms with E-state index in [1.54, 1.807) is 12.3 Å². The monoisotopic (exact) mass is 258 g/mol. The molecule has 1 aromatic heterocycles. The third-order valence-corrected chi connectivity index (χ3v) is 3.69. The maximum absolute atomic E-state index is 12.5. The van der Waals surface area contributed by atoms with E-state index in [0.717, 1.165) is 18.5 Å². The van der Waals surface area contributed by atoms with E-state index in [9.17, 15) is 4.79 Å². The standard InChI is InChI=1S/C16H22N2O/c1-2-12-18(13-15-10-6-7-11-17-15)16(19)14-8-4-3-5-9-14/h2,6-7,10-11,14H,1,3-5,8-9,12-13H2. The second-order valence-electron chi connectivity index (χ2n) is 5.16. The molecule has 3 heteroatoms. The fourth-order valence-electron chi connectivity index (χ4n) is 2.68. The van der Waals surface area contributed by atoms with E-state index in [1.807, 2.05) is 23.1 Å². The normalized spacial score (nSPS) is 16.0. The van der Waals surface area contributed by atoms with Gasteiger partial charge in [-0.3, -0.25) is 9.78 Å². The van der Waals surface area contributed by atoms with Gasteiger partial charge in [0, 0.05) is 18.7 Å². The molecule has 0 N–H and O–H groups in total. The number of nitrogens with zero attached hydrogens (tertiary/aromatic N) is 2. The van der Waals surface area contributed by atoms with E-state index in [0.29, 0.717) is 13.1 Å². The molecule has 0 spiro atoms. The highest BCUT2D eigenvalue weighted by Crippen LogP contribution is 2.25. The second kappa shape index (κ2) is 7.07. The lowest BCUT2D eigenvalue weighted by Crippen LogP contribution is -2.36. The van der Waals surface area contributed by atoms with Gasteiger partial charge < -0.3 is 4.90 Å².